The van der Waals surface area contributed by atoms with Gasteiger partial charge in [0, 0.05) is 29.1 Å². The Kier molecular flexibility index (Phi) is 9.14. The third-order valence-electron chi connectivity index (χ3n) is 5.17. The van der Waals surface area contributed by atoms with Crippen molar-refractivity contribution in [1.29, 1.82) is 0 Å². The van der Waals surface area contributed by atoms with Crippen LogP contribution < -0.4 is 5.32 Å². The van der Waals surface area contributed by atoms with Crippen molar-refractivity contribution in [3.05, 3.63) is 66.6 Å². The lowest BCUT2D eigenvalue weighted by atomic mass is 10.1. The SMILES string of the molecule is COC(=O)c1ccc(-c2nc3c([nH]2)-c2ccncc2Nc2ncccc2-3)cc1.O=C(O)C(F)(F)F.O=C(O)C(F)(F)F. The van der Waals surface area contributed by atoms with E-state index in [1.54, 1.807) is 30.7 Å². The largest absolute Gasteiger partial charge is 0.490 e. The number of fused-ring (bicyclic) bond motifs is 5. The molecule has 0 aliphatic carbocycles. The Hall–Kier alpha value is -5.48. The zero-order valence-corrected chi connectivity index (χ0v) is 20.9. The molecule has 0 spiro atoms. The summed E-state index contributed by atoms with van der Waals surface area (Å²) in [6.45, 7) is 0. The maximum absolute atomic E-state index is 11.7. The zero-order chi connectivity index (χ0) is 31.2. The van der Waals surface area contributed by atoms with E-state index in [9.17, 15) is 31.1 Å². The molecule has 0 radical (unpaired) electrons. The molecule has 0 amide bonds. The number of aromatic nitrogens is 4. The van der Waals surface area contributed by atoms with E-state index in [1.165, 1.54) is 7.11 Å². The van der Waals surface area contributed by atoms with E-state index in [0.717, 1.165) is 39.6 Å². The van der Waals surface area contributed by atoms with Crippen LogP contribution in [0.2, 0.25) is 0 Å². The van der Waals surface area contributed by atoms with Crippen LogP contribution in [0.25, 0.3) is 33.9 Å². The molecule has 4 heterocycles. The lowest BCUT2D eigenvalue weighted by Gasteiger charge is -2.07. The molecule has 1 aliphatic heterocycles. The first-order valence-corrected chi connectivity index (χ1v) is 11.2. The number of alkyl halides is 6. The second-order valence-corrected chi connectivity index (χ2v) is 7.93. The molecule has 0 saturated heterocycles. The molecule has 17 heteroatoms. The Morgan fingerprint density at radius 3 is 2.00 bits per heavy atom. The van der Waals surface area contributed by atoms with E-state index in [1.807, 2.05) is 30.3 Å². The highest BCUT2D eigenvalue weighted by Gasteiger charge is 2.38. The molecule has 1 aliphatic rings. The van der Waals surface area contributed by atoms with E-state index in [2.05, 4.69) is 20.3 Å². The fourth-order valence-electron chi connectivity index (χ4n) is 3.32. The average molecular weight is 597 g/mol. The van der Waals surface area contributed by atoms with Gasteiger partial charge in [0.15, 0.2) is 0 Å². The van der Waals surface area contributed by atoms with Gasteiger partial charge >= 0.3 is 30.3 Å². The zero-order valence-electron chi connectivity index (χ0n) is 20.9. The number of imidazole rings is 1. The van der Waals surface area contributed by atoms with Gasteiger partial charge in [0.05, 0.1) is 30.3 Å². The molecule has 5 rings (SSSR count). The number of methoxy groups -OCH3 is 1. The predicted octanol–water partition coefficient (Wildman–Crippen LogP) is 5.31. The van der Waals surface area contributed by atoms with Crippen LogP contribution in [0.4, 0.5) is 37.8 Å². The average Bonchev–Trinajstić information content (AvgIpc) is 3.33. The number of carbonyl (C=O) groups is 3. The van der Waals surface area contributed by atoms with Gasteiger partial charge in [-0.05, 0) is 30.3 Å². The smallest absolute Gasteiger partial charge is 0.475 e. The summed E-state index contributed by atoms with van der Waals surface area (Å²) in [6.07, 6.45) is -4.90. The number of aromatic amines is 1. The van der Waals surface area contributed by atoms with Gasteiger partial charge in [-0.2, -0.15) is 26.3 Å². The Morgan fingerprint density at radius 1 is 0.857 bits per heavy atom. The standard InChI is InChI=1S/C21H15N5O2.2C2HF3O2/c1-28-21(27)13-6-4-12(5-7-13)19-25-17-14-8-10-22-11-16(14)24-20-15(18(17)26-19)3-2-9-23-20;2*3-2(4,5)1(6)7/h2-11H,1H3,(H,23,24)(H,25,26);2*(H,6,7). The van der Waals surface area contributed by atoms with Crippen molar-refractivity contribution in [3.8, 4) is 33.9 Å². The van der Waals surface area contributed by atoms with Gasteiger partial charge < -0.3 is 25.3 Å². The molecule has 3 aromatic heterocycles. The van der Waals surface area contributed by atoms with E-state index >= 15 is 0 Å². The molecule has 42 heavy (non-hydrogen) atoms. The van der Waals surface area contributed by atoms with Crippen molar-refractivity contribution in [1.82, 2.24) is 19.9 Å². The van der Waals surface area contributed by atoms with Crippen LogP contribution in [0.15, 0.2) is 61.1 Å². The van der Waals surface area contributed by atoms with E-state index in [4.69, 9.17) is 29.5 Å². The predicted molar refractivity (Wildman–Crippen MR) is 132 cm³/mol. The number of carbonyl (C=O) groups excluding carboxylic acids is 1. The first-order valence-electron chi connectivity index (χ1n) is 11.2. The number of hydrogen-bond acceptors (Lipinski definition) is 8. The molecule has 0 saturated carbocycles. The molecule has 4 N–H and O–H groups in total. The Morgan fingerprint density at radius 2 is 1.45 bits per heavy atom. The first-order chi connectivity index (χ1) is 19.6. The van der Waals surface area contributed by atoms with E-state index in [0.29, 0.717) is 11.4 Å². The summed E-state index contributed by atoms with van der Waals surface area (Å²) in [5.41, 5.74) is 5.80. The van der Waals surface area contributed by atoms with Gasteiger partial charge in [-0.1, -0.05) is 12.1 Å². The molecule has 0 unspecified atom stereocenters. The number of rotatable bonds is 2. The fraction of sp³-hybridized carbons (Fsp3) is 0.120. The van der Waals surface area contributed by atoms with Crippen molar-refractivity contribution in [2.75, 3.05) is 12.4 Å². The first kappa shape index (κ1) is 31.1. The third kappa shape index (κ3) is 7.38. The van der Waals surface area contributed by atoms with E-state index in [-0.39, 0.29) is 5.97 Å². The lowest BCUT2D eigenvalue weighted by molar-refractivity contribution is -0.193. The molecule has 11 nitrogen and oxygen atoms in total. The molecular weight excluding hydrogens is 580 g/mol. The highest BCUT2D eigenvalue weighted by Crippen LogP contribution is 2.42. The topological polar surface area (TPSA) is 167 Å². The maximum atomic E-state index is 11.7. The number of aliphatic carboxylic acids is 2. The summed E-state index contributed by atoms with van der Waals surface area (Å²) in [5.74, 6) is -4.44. The second kappa shape index (κ2) is 12.4. The summed E-state index contributed by atoms with van der Waals surface area (Å²) < 4.78 is 68.2. The number of nitrogens with one attached hydrogen (secondary N) is 2. The summed E-state index contributed by atoms with van der Waals surface area (Å²) >= 11 is 0. The van der Waals surface area contributed by atoms with Gasteiger partial charge in [0.2, 0.25) is 0 Å². The number of carboxylic acids is 2. The summed E-state index contributed by atoms with van der Waals surface area (Å²) in [5, 5.41) is 17.6. The van der Waals surface area contributed by atoms with Crippen LogP contribution in [-0.2, 0) is 14.3 Å². The third-order valence-corrected chi connectivity index (χ3v) is 5.17. The number of halogens is 6. The number of hydrogen-bond donors (Lipinski definition) is 4. The highest BCUT2D eigenvalue weighted by molar-refractivity contribution is 5.95. The van der Waals surface area contributed by atoms with Crippen molar-refractivity contribution in [2.45, 2.75) is 12.4 Å². The van der Waals surface area contributed by atoms with Gasteiger partial charge in [-0.15, -0.1) is 0 Å². The van der Waals surface area contributed by atoms with Crippen LogP contribution in [0, 0.1) is 0 Å². The van der Waals surface area contributed by atoms with Crippen molar-refractivity contribution >= 4 is 29.4 Å². The number of esters is 1. The molecule has 4 aromatic rings. The fourth-order valence-corrected chi connectivity index (χ4v) is 3.32. The van der Waals surface area contributed by atoms with Crippen molar-refractivity contribution < 1.29 is 55.7 Å². The van der Waals surface area contributed by atoms with Gasteiger partial charge in [-0.3, -0.25) is 4.98 Å². The lowest BCUT2D eigenvalue weighted by Crippen LogP contribution is -2.21. The Labute approximate surface area is 230 Å². The number of carboxylic acid groups (broad SMARTS) is 2. The number of nitrogens with zero attached hydrogens (tertiary/aromatic N) is 3. The summed E-state index contributed by atoms with van der Waals surface area (Å²) in [4.78, 5) is 46.4. The number of pyridine rings is 2. The quantitative estimate of drug-likeness (QED) is 0.155. The summed E-state index contributed by atoms with van der Waals surface area (Å²) in [6, 6.07) is 13.0. The summed E-state index contributed by atoms with van der Waals surface area (Å²) in [7, 11) is 1.37. The van der Waals surface area contributed by atoms with Crippen LogP contribution >= 0.6 is 0 Å². The molecular formula is C25H17F6N5O6. The Bertz CT molecular complexity index is 1520. The molecule has 1 aromatic carbocycles. The normalized spacial score (nSPS) is 11.4. The second-order valence-electron chi connectivity index (χ2n) is 7.93. The van der Waals surface area contributed by atoms with Crippen molar-refractivity contribution in [2.24, 2.45) is 0 Å². The minimum absolute atomic E-state index is 0.366. The molecule has 0 atom stereocenters. The monoisotopic (exact) mass is 597 g/mol. The number of anilines is 2. The van der Waals surface area contributed by atoms with Gasteiger partial charge in [0.25, 0.3) is 0 Å². The van der Waals surface area contributed by atoms with Gasteiger partial charge in [-0.25, -0.2) is 24.4 Å². The van der Waals surface area contributed by atoms with Crippen LogP contribution in [0.5, 0.6) is 0 Å². The molecule has 220 valence electrons. The number of benzene rings is 1. The number of ether oxygens (including phenoxy) is 1. The number of H-pyrrole nitrogens is 1. The Balaban J connectivity index is 0.000000289. The maximum Gasteiger partial charge on any atom is 0.490 e. The van der Waals surface area contributed by atoms with Crippen molar-refractivity contribution in [3.63, 3.8) is 0 Å². The van der Waals surface area contributed by atoms with Crippen LogP contribution in [-0.4, -0.2) is 67.5 Å². The van der Waals surface area contributed by atoms with Gasteiger partial charge in [0.1, 0.15) is 17.3 Å². The minimum Gasteiger partial charge on any atom is -0.475 e. The van der Waals surface area contributed by atoms with Crippen LogP contribution in [0.1, 0.15) is 10.4 Å². The highest BCUT2D eigenvalue weighted by atomic mass is 19.4. The molecule has 0 bridgehead atoms. The minimum atomic E-state index is -5.08. The van der Waals surface area contributed by atoms with Crippen LogP contribution in [0.3, 0.4) is 0 Å². The molecule has 0 fully saturated rings. The van der Waals surface area contributed by atoms with E-state index < -0.39 is 24.3 Å².